The fourth-order valence-electron chi connectivity index (χ4n) is 1.79. The molecule has 0 aliphatic rings. The second-order valence-corrected chi connectivity index (χ2v) is 6.00. The highest BCUT2D eigenvalue weighted by molar-refractivity contribution is 7.98. The highest BCUT2D eigenvalue weighted by atomic mass is 32.2. The first-order valence-corrected chi connectivity index (χ1v) is 8.25. The van der Waals surface area contributed by atoms with Gasteiger partial charge in [0, 0.05) is 18.4 Å². The van der Waals surface area contributed by atoms with Crippen molar-refractivity contribution in [2.24, 2.45) is 0 Å². The smallest absolute Gasteiger partial charge is 0.313 e. The third-order valence-corrected chi connectivity index (χ3v) is 3.86. The maximum atomic E-state index is 11.9. The third kappa shape index (κ3) is 5.99. The summed E-state index contributed by atoms with van der Waals surface area (Å²) in [7, 11) is 2.96. The average Bonchev–Trinajstić information content (AvgIpc) is 2.52. The molecule has 0 spiro atoms. The van der Waals surface area contributed by atoms with E-state index in [9.17, 15) is 14.7 Å². The van der Waals surface area contributed by atoms with Gasteiger partial charge in [0.15, 0.2) is 0 Å². The van der Waals surface area contributed by atoms with Gasteiger partial charge in [-0.15, -0.1) is 0 Å². The van der Waals surface area contributed by atoms with E-state index in [4.69, 9.17) is 9.47 Å². The molecule has 1 aromatic rings. The molecular formula is C15H22N2O5S. The van der Waals surface area contributed by atoms with Crippen LogP contribution in [0.25, 0.3) is 0 Å². The van der Waals surface area contributed by atoms with Crippen LogP contribution in [0.1, 0.15) is 6.92 Å². The monoisotopic (exact) mass is 342 g/mol. The number of ether oxygens (including phenoxy) is 2. The van der Waals surface area contributed by atoms with Crippen LogP contribution in [0, 0.1) is 0 Å². The lowest BCUT2D eigenvalue weighted by molar-refractivity contribution is -0.136. The highest BCUT2D eigenvalue weighted by Gasteiger charge is 2.23. The first-order valence-electron chi connectivity index (χ1n) is 6.85. The van der Waals surface area contributed by atoms with Crippen LogP contribution in [-0.2, 0) is 9.59 Å². The van der Waals surface area contributed by atoms with Crippen molar-refractivity contribution in [2.45, 2.75) is 12.5 Å². The molecule has 7 nitrogen and oxygen atoms in total. The van der Waals surface area contributed by atoms with E-state index in [0.29, 0.717) is 22.9 Å². The molecule has 3 N–H and O–H groups in total. The molecule has 2 amide bonds. The van der Waals surface area contributed by atoms with Crippen molar-refractivity contribution in [3.8, 4) is 11.5 Å². The van der Waals surface area contributed by atoms with Crippen LogP contribution in [-0.4, -0.2) is 55.3 Å². The Morgan fingerprint density at radius 1 is 1.26 bits per heavy atom. The predicted octanol–water partition coefficient (Wildman–Crippen LogP) is 0.872. The maximum Gasteiger partial charge on any atom is 0.313 e. The lowest BCUT2D eigenvalue weighted by atomic mass is 10.1. The van der Waals surface area contributed by atoms with E-state index in [1.165, 1.54) is 26.0 Å². The van der Waals surface area contributed by atoms with Crippen molar-refractivity contribution < 1.29 is 24.2 Å². The molecule has 0 aromatic heterocycles. The molecule has 1 aromatic carbocycles. The molecule has 0 bridgehead atoms. The zero-order valence-corrected chi connectivity index (χ0v) is 14.5. The molecule has 0 saturated carbocycles. The number of amides is 2. The normalized spacial score (nSPS) is 12.9. The second-order valence-electron chi connectivity index (χ2n) is 5.13. The number of thioether (sulfide) groups is 1. The van der Waals surface area contributed by atoms with E-state index < -0.39 is 17.4 Å². The van der Waals surface area contributed by atoms with Crippen molar-refractivity contribution >= 4 is 29.3 Å². The quantitative estimate of drug-likeness (QED) is 0.636. The first kappa shape index (κ1) is 19.1. The Bertz CT molecular complexity index is 563. The molecule has 0 radical (unpaired) electrons. The number of anilines is 1. The van der Waals surface area contributed by atoms with Gasteiger partial charge < -0.3 is 25.2 Å². The summed E-state index contributed by atoms with van der Waals surface area (Å²) in [6.07, 6.45) is 1.85. The van der Waals surface area contributed by atoms with Crippen molar-refractivity contribution in [1.82, 2.24) is 5.32 Å². The van der Waals surface area contributed by atoms with Crippen LogP contribution in [0.2, 0.25) is 0 Å². The Labute approximate surface area is 139 Å². The van der Waals surface area contributed by atoms with Crippen molar-refractivity contribution in [3.63, 3.8) is 0 Å². The van der Waals surface area contributed by atoms with Crippen molar-refractivity contribution in [2.75, 3.05) is 38.1 Å². The summed E-state index contributed by atoms with van der Waals surface area (Å²) in [5.74, 6) is -0.281. The lowest BCUT2D eigenvalue weighted by Crippen LogP contribution is -2.45. The Balaban J connectivity index is 2.67. The van der Waals surface area contributed by atoms with Gasteiger partial charge in [0.25, 0.3) is 0 Å². The van der Waals surface area contributed by atoms with Crippen LogP contribution >= 0.6 is 11.8 Å². The van der Waals surface area contributed by atoms with E-state index in [1.807, 2.05) is 6.26 Å². The second kappa shape index (κ2) is 8.64. The number of carbonyl (C=O) groups excluding carboxylic acids is 2. The molecule has 8 heteroatoms. The summed E-state index contributed by atoms with van der Waals surface area (Å²) in [5, 5.41) is 14.8. The van der Waals surface area contributed by atoms with Crippen molar-refractivity contribution in [1.29, 1.82) is 0 Å². The summed E-state index contributed by atoms with van der Waals surface area (Å²) in [6.45, 7) is 1.58. The Morgan fingerprint density at radius 3 is 2.52 bits per heavy atom. The van der Waals surface area contributed by atoms with Gasteiger partial charge in [0.1, 0.15) is 11.5 Å². The topological polar surface area (TPSA) is 96.9 Å². The Kier molecular flexibility index (Phi) is 7.18. The van der Waals surface area contributed by atoms with Gasteiger partial charge in [-0.2, -0.15) is 11.8 Å². The molecule has 0 heterocycles. The number of aliphatic hydroxyl groups is 1. The highest BCUT2D eigenvalue weighted by Crippen LogP contribution is 2.28. The average molecular weight is 342 g/mol. The minimum Gasteiger partial charge on any atom is -0.497 e. The molecule has 0 unspecified atom stereocenters. The summed E-state index contributed by atoms with van der Waals surface area (Å²) in [4.78, 5) is 23.7. The first-order chi connectivity index (χ1) is 10.8. The van der Waals surface area contributed by atoms with Crippen LogP contribution in [0.3, 0.4) is 0 Å². The molecule has 1 rings (SSSR count). The zero-order chi connectivity index (χ0) is 17.5. The number of carbonyl (C=O) groups is 2. The van der Waals surface area contributed by atoms with Crippen molar-refractivity contribution in [3.05, 3.63) is 18.2 Å². The molecule has 23 heavy (non-hydrogen) atoms. The molecule has 0 fully saturated rings. The summed E-state index contributed by atoms with van der Waals surface area (Å²) in [5.41, 5.74) is -0.725. The zero-order valence-electron chi connectivity index (χ0n) is 13.6. The number of benzene rings is 1. The Hall–Kier alpha value is -1.93. The lowest BCUT2D eigenvalue weighted by Gasteiger charge is -2.22. The van der Waals surface area contributed by atoms with Crippen LogP contribution in [0.5, 0.6) is 11.5 Å². The van der Waals surface area contributed by atoms with Gasteiger partial charge in [0.2, 0.25) is 0 Å². The van der Waals surface area contributed by atoms with E-state index in [1.54, 1.807) is 25.1 Å². The third-order valence-electron chi connectivity index (χ3n) is 2.95. The van der Waals surface area contributed by atoms with Crippen LogP contribution in [0.4, 0.5) is 5.69 Å². The number of rotatable bonds is 7. The van der Waals surface area contributed by atoms with Gasteiger partial charge in [-0.3, -0.25) is 9.59 Å². The minimum atomic E-state index is -1.08. The number of methoxy groups -OCH3 is 2. The van der Waals surface area contributed by atoms with Gasteiger partial charge >= 0.3 is 11.8 Å². The SMILES string of the molecule is COc1ccc(NC(=O)C(=O)NC[C@](C)(O)CSC)c(OC)c1. The predicted molar refractivity (Wildman–Crippen MR) is 90.2 cm³/mol. The van der Waals surface area contributed by atoms with E-state index in [0.717, 1.165) is 0 Å². The Morgan fingerprint density at radius 2 is 1.96 bits per heavy atom. The molecular weight excluding hydrogens is 320 g/mol. The van der Waals surface area contributed by atoms with Gasteiger partial charge in [0.05, 0.1) is 25.5 Å². The van der Waals surface area contributed by atoms with E-state index in [-0.39, 0.29) is 6.54 Å². The standard InChI is InChI=1S/C15H22N2O5S/c1-15(20,9-23-4)8-16-13(18)14(19)17-11-6-5-10(21-2)7-12(11)22-3/h5-7,20H,8-9H2,1-4H3,(H,16,18)(H,17,19)/t15-/m0/s1. The van der Waals surface area contributed by atoms with E-state index in [2.05, 4.69) is 10.6 Å². The molecule has 0 aliphatic carbocycles. The number of hydrogen-bond donors (Lipinski definition) is 3. The van der Waals surface area contributed by atoms with Crippen LogP contribution in [0.15, 0.2) is 18.2 Å². The van der Waals surface area contributed by atoms with Crippen LogP contribution < -0.4 is 20.1 Å². The van der Waals surface area contributed by atoms with Gasteiger partial charge in [-0.1, -0.05) is 0 Å². The van der Waals surface area contributed by atoms with Gasteiger partial charge in [-0.25, -0.2) is 0 Å². The van der Waals surface area contributed by atoms with E-state index >= 15 is 0 Å². The minimum absolute atomic E-state index is 0.0140. The molecule has 128 valence electrons. The summed E-state index contributed by atoms with van der Waals surface area (Å²) >= 11 is 1.45. The fraction of sp³-hybridized carbons (Fsp3) is 0.467. The maximum absolute atomic E-state index is 11.9. The molecule has 0 aliphatic heterocycles. The molecule has 1 atom stereocenters. The summed E-state index contributed by atoms with van der Waals surface area (Å²) < 4.78 is 10.2. The van der Waals surface area contributed by atoms with Gasteiger partial charge in [-0.05, 0) is 25.3 Å². The fourth-order valence-corrected chi connectivity index (χ4v) is 2.52. The largest absolute Gasteiger partial charge is 0.497 e. The summed E-state index contributed by atoms with van der Waals surface area (Å²) in [6, 6.07) is 4.81. The number of nitrogens with one attached hydrogen (secondary N) is 2. The number of hydrogen-bond acceptors (Lipinski definition) is 6. The molecule has 0 saturated heterocycles.